The van der Waals surface area contributed by atoms with Gasteiger partial charge in [-0.05, 0) is 62.3 Å². The van der Waals surface area contributed by atoms with E-state index in [-0.39, 0.29) is 11.9 Å². The van der Waals surface area contributed by atoms with Crippen LogP contribution in [0.25, 0.3) is 0 Å². The summed E-state index contributed by atoms with van der Waals surface area (Å²) in [6.45, 7) is 4.13. The van der Waals surface area contributed by atoms with E-state index in [1.807, 2.05) is 18.2 Å². The van der Waals surface area contributed by atoms with E-state index in [2.05, 4.69) is 30.0 Å². The van der Waals surface area contributed by atoms with Gasteiger partial charge in [-0.3, -0.25) is 10.2 Å². The zero-order valence-electron chi connectivity index (χ0n) is 11.5. The second-order valence-corrected chi connectivity index (χ2v) is 5.81. The molecule has 102 valence electrons. The van der Waals surface area contributed by atoms with Gasteiger partial charge in [-0.2, -0.15) is 0 Å². The molecule has 2 fully saturated rings. The molecule has 0 bridgehead atoms. The van der Waals surface area contributed by atoms with Gasteiger partial charge >= 0.3 is 0 Å². The minimum atomic E-state index is -0.118. The van der Waals surface area contributed by atoms with Crippen molar-refractivity contribution in [3.63, 3.8) is 0 Å². The Kier molecular flexibility index (Phi) is 3.29. The number of hydrazine groups is 1. The summed E-state index contributed by atoms with van der Waals surface area (Å²) in [7, 11) is 0. The number of hydrogen-bond acceptors (Lipinski definition) is 3. The van der Waals surface area contributed by atoms with Gasteiger partial charge in [-0.15, -0.1) is 0 Å². The molecule has 0 aromatic heterocycles. The summed E-state index contributed by atoms with van der Waals surface area (Å²) >= 11 is 0. The van der Waals surface area contributed by atoms with Gasteiger partial charge in [0.15, 0.2) is 0 Å². The van der Waals surface area contributed by atoms with Crippen molar-refractivity contribution in [1.82, 2.24) is 10.9 Å². The SMILES string of the molecule is Cc1ccc(NC(=O)C2CC(C3CC3)NN2)cc1C. The first-order chi connectivity index (χ1) is 9.13. The highest BCUT2D eigenvalue weighted by atomic mass is 16.2. The Bertz CT molecular complexity index is 496. The Balaban J connectivity index is 1.60. The normalized spacial score (nSPS) is 26.4. The maximum atomic E-state index is 12.2. The zero-order chi connectivity index (χ0) is 13.4. The van der Waals surface area contributed by atoms with Crippen LogP contribution < -0.4 is 16.2 Å². The second kappa shape index (κ2) is 4.94. The van der Waals surface area contributed by atoms with E-state index in [9.17, 15) is 4.79 Å². The molecule has 2 unspecified atom stereocenters. The molecule has 4 heteroatoms. The standard InChI is InChI=1S/C15H21N3O/c1-9-3-6-12(7-10(9)2)16-15(19)14-8-13(17-18-14)11-4-5-11/h3,6-7,11,13-14,17-18H,4-5,8H2,1-2H3,(H,16,19). The van der Waals surface area contributed by atoms with Gasteiger partial charge in [0.25, 0.3) is 0 Å². The van der Waals surface area contributed by atoms with Gasteiger partial charge in [0.1, 0.15) is 6.04 Å². The average Bonchev–Trinajstić information content (AvgIpc) is 3.11. The molecule has 19 heavy (non-hydrogen) atoms. The Hall–Kier alpha value is -1.39. The van der Waals surface area contributed by atoms with E-state index in [0.29, 0.717) is 6.04 Å². The van der Waals surface area contributed by atoms with Crippen LogP contribution in [0.15, 0.2) is 18.2 Å². The fourth-order valence-electron chi connectivity index (χ4n) is 2.61. The first-order valence-electron chi connectivity index (χ1n) is 7.02. The van der Waals surface area contributed by atoms with Gasteiger partial charge in [0.05, 0.1) is 0 Å². The number of benzene rings is 1. The quantitative estimate of drug-likeness (QED) is 0.777. The third kappa shape index (κ3) is 2.80. The van der Waals surface area contributed by atoms with Crippen molar-refractivity contribution in [2.75, 3.05) is 5.32 Å². The van der Waals surface area contributed by atoms with E-state index < -0.39 is 0 Å². The number of amides is 1. The van der Waals surface area contributed by atoms with Crippen LogP contribution in [0.2, 0.25) is 0 Å². The van der Waals surface area contributed by atoms with Gasteiger partial charge in [-0.1, -0.05) is 6.07 Å². The summed E-state index contributed by atoms with van der Waals surface area (Å²) in [6.07, 6.45) is 3.48. The van der Waals surface area contributed by atoms with Crippen LogP contribution in [0.1, 0.15) is 30.4 Å². The third-order valence-electron chi connectivity index (χ3n) is 4.21. The third-order valence-corrected chi connectivity index (χ3v) is 4.21. The fourth-order valence-corrected chi connectivity index (χ4v) is 2.61. The summed E-state index contributed by atoms with van der Waals surface area (Å²) in [5, 5.41) is 2.99. The van der Waals surface area contributed by atoms with Gasteiger partial charge in [0.2, 0.25) is 5.91 Å². The van der Waals surface area contributed by atoms with Crippen LogP contribution in [0, 0.1) is 19.8 Å². The van der Waals surface area contributed by atoms with Crippen LogP contribution in [0.5, 0.6) is 0 Å². The van der Waals surface area contributed by atoms with Gasteiger partial charge < -0.3 is 5.32 Å². The number of anilines is 1. The lowest BCUT2D eigenvalue weighted by Gasteiger charge is -2.11. The summed E-state index contributed by atoms with van der Waals surface area (Å²) in [6, 6.07) is 6.37. The smallest absolute Gasteiger partial charge is 0.242 e. The minimum absolute atomic E-state index is 0.0545. The van der Waals surface area contributed by atoms with Crippen LogP contribution >= 0.6 is 0 Å². The molecule has 1 amide bonds. The number of hydrogen-bond donors (Lipinski definition) is 3. The van der Waals surface area contributed by atoms with E-state index in [1.54, 1.807) is 0 Å². The van der Waals surface area contributed by atoms with E-state index in [1.165, 1.54) is 24.0 Å². The van der Waals surface area contributed by atoms with E-state index >= 15 is 0 Å². The molecule has 1 heterocycles. The average molecular weight is 259 g/mol. The van der Waals surface area contributed by atoms with Crippen molar-refractivity contribution in [3.05, 3.63) is 29.3 Å². The minimum Gasteiger partial charge on any atom is -0.325 e. The number of aryl methyl sites for hydroxylation is 2. The van der Waals surface area contributed by atoms with Crippen LogP contribution in [0.3, 0.4) is 0 Å². The zero-order valence-corrected chi connectivity index (χ0v) is 11.5. The molecule has 1 saturated heterocycles. The predicted molar refractivity (Wildman–Crippen MR) is 75.7 cm³/mol. The largest absolute Gasteiger partial charge is 0.325 e. The lowest BCUT2D eigenvalue weighted by atomic mass is 10.1. The van der Waals surface area contributed by atoms with Crippen molar-refractivity contribution in [1.29, 1.82) is 0 Å². The number of nitrogens with one attached hydrogen (secondary N) is 3. The predicted octanol–water partition coefficient (Wildman–Crippen LogP) is 1.89. The highest BCUT2D eigenvalue weighted by Gasteiger charge is 2.38. The molecule has 1 saturated carbocycles. The Morgan fingerprint density at radius 1 is 1.21 bits per heavy atom. The molecule has 3 N–H and O–H groups in total. The summed E-state index contributed by atoms with van der Waals surface area (Å²) in [5.74, 6) is 0.825. The fraction of sp³-hybridized carbons (Fsp3) is 0.533. The van der Waals surface area contributed by atoms with Crippen molar-refractivity contribution in [2.45, 2.75) is 45.2 Å². The molecule has 3 rings (SSSR count). The van der Waals surface area contributed by atoms with Gasteiger partial charge in [0, 0.05) is 11.7 Å². The lowest BCUT2D eigenvalue weighted by Crippen LogP contribution is -2.40. The van der Waals surface area contributed by atoms with Gasteiger partial charge in [-0.25, -0.2) is 5.43 Å². The van der Waals surface area contributed by atoms with Crippen LogP contribution in [-0.4, -0.2) is 18.0 Å². The summed E-state index contributed by atoms with van der Waals surface area (Å²) in [5.41, 5.74) is 9.68. The second-order valence-electron chi connectivity index (χ2n) is 5.81. The molecule has 4 nitrogen and oxygen atoms in total. The highest BCUT2D eigenvalue weighted by Crippen LogP contribution is 2.35. The number of carbonyl (C=O) groups is 1. The van der Waals surface area contributed by atoms with E-state index in [4.69, 9.17) is 0 Å². The Morgan fingerprint density at radius 2 is 2.00 bits per heavy atom. The monoisotopic (exact) mass is 259 g/mol. The topological polar surface area (TPSA) is 53.2 Å². The molecule has 0 radical (unpaired) electrons. The summed E-state index contributed by atoms with van der Waals surface area (Å²) < 4.78 is 0. The first kappa shape index (κ1) is 12.6. The summed E-state index contributed by atoms with van der Waals surface area (Å²) in [4.78, 5) is 12.2. The van der Waals surface area contributed by atoms with Crippen LogP contribution in [0.4, 0.5) is 5.69 Å². The van der Waals surface area contributed by atoms with Crippen LogP contribution in [-0.2, 0) is 4.79 Å². The Morgan fingerprint density at radius 3 is 2.68 bits per heavy atom. The molecule has 2 aliphatic rings. The van der Waals surface area contributed by atoms with Crippen molar-refractivity contribution >= 4 is 11.6 Å². The number of rotatable bonds is 3. The first-order valence-corrected chi connectivity index (χ1v) is 7.02. The van der Waals surface area contributed by atoms with E-state index in [0.717, 1.165) is 18.0 Å². The maximum absolute atomic E-state index is 12.2. The molecule has 1 aromatic rings. The highest BCUT2D eigenvalue weighted by molar-refractivity contribution is 5.95. The maximum Gasteiger partial charge on any atom is 0.242 e. The lowest BCUT2D eigenvalue weighted by molar-refractivity contribution is -0.117. The molecular weight excluding hydrogens is 238 g/mol. The van der Waals surface area contributed by atoms with Crippen molar-refractivity contribution < 1.29 is 4.79 Å². The molecule has 0 spiro atoms. The molecule has 1 aliphatic carbocycles. The number of carbonyl (C=O) groups excluding carboxylic acids is 1. The molecular formula is C15H21N3O. The molecule has 1 aliphatic heterocycles. The molecule has 1 aromatic carbocycles. The van der Waals surface area contributed by atoms with Crippen molar-refractivity contribution in [2.24, 2.45) is 5.92 Å². The molecule has 2 atom stereocenters. The Labute approximate surface area is 113 Å². The van der Waals surface area contributed by atoms with Crippen molar-refractivity contribution in [3.8, 4) is 0 Å².